The summed E-state index contributed by atoms with van der Waals surface area (Å²) < 4.78 is 0. The highest BCUT2D eigenvalue weighted by Crippen LogP contribution is 2.38. The zero-order chi connectivity index (χ0) is 11.7. The molecule has 2 aliphatic carbocycles. The van der Waals surface area contributed by atoms with Gasteiger partial charge in [-0.05, 0) is 37.0 Å². The molecule has 2 nitrogen and oxygen atoms in total. The summed E-state index contributed by atoms with van der Waals surface area (Å²) in [7, 11) is 0. The molecule has 3 aliphatic rings. The molecule has 0 radical (unpaired) electrons. The summed E-state index contributed by atoms with van der Waals surface area (Å²) >= 11 is 0. The monoisotopic (exact) mass is 236 g/mol. The minimum Gasteiger partial charge on any atom is -0.311 e. The standard InChI is InChI=1S/C15H28N2/c1-15(7-3-2-4-8-15)12-17-10-9-16-14(11-17)13-5-6-13/h13-14,16H,2-12H2,1H3. The van der Waals surface area contributed by atoms with Gasteiger partial charge in [0.2, 0.25) is 0 Å². The molecule has 3 rings (SSSR count). The summed E-state index contributed by atoms with van der Waals surface area (Å²) in [5, 5.41) is 3.72. The molecule has 3 fully saturated rings. The number of nitrogens with zero attached hydrogens (tertiary/aromatic N) is 1. The van der Waals surface area contributed by atoms with Crippen LogP contribution < -0.4 is 5.32 Å². The number of hydrogen-bond acceptors (Lipinski definition) is 2. The van der Waals surface area contributed by atoms with Crippen LogP contribution in [0.5, 0.6) is 0 Å². The minimum absolute atomic E-state index is 0.629. The van der Waals surface area contributed by atoms with E-state index in [1.807, 2.05) is 0 Å². The molecule has 0 amide bonds. The van der Waals surface area contributed by atoms with Crippen molar-refractivity contribution >= 4 is 0 Å². The first kappa shape index (κ1) is 12.0. The van der Waals surface area contributed by atoms with E-state index in [-0.39, 0.29) is 0 Å². The second-order valence-corrected chi connectivity index (χ2v) is 7.00. The molecule has 0 aromatic carbocycles. The third-order valence-electron chi connectivity index (χ3n) is 5.15. The van der Waals surface area contributed by atoms with Gasteiger partial charge in [-0.2, -0.15) is 0 Å². The van der Waals surface area contributed by atoms with Crippen LogP contribution in [-0.4, -0.2) is 37.1 Å². The van der Waals surface area contributed by atoms with Gasteiger partial charge in [0.15, 0.2) is 0 Å². The first-order chi connectivity index (χ1) is 8.25. The molecule has 1 atom stereocenters. The van der Waals surface area contributed by atoms with E-state index in [0.29, 0.717) is 5.41 Å². The Morgan fingerprint density at radius 1 is 1.18 bits per heavy atom. The van der Waals surface area contributed by atoms with Crippen molar-refractivity contribution in [3.63, 3.8) is 0 Å². The molecule has 98 valence electrons. The lowest BCUT2D eigenvalue weighted by Crippen LogP contribution is -2.54. The lowest BCUT2D eigenvalue weighted by Gasteiger charge is -2.42. The minimum atomic E-state index is 0.629. The molecule has 1 N–H and O–H groups in total. The largest absolute Gasteiger partial charge is 0.311 e. The Morgan fingerprint density at radius 3 is 2.65 bits per heavy atom. The zero-order valence-corrected chi connectivity index (χ0v) is 11.4. The predicted molar refractivity (Wildman–Crippen MR) is 72.1 cm³/mol. The van der Waals surface area contributed by atoms with Crippen LogP contribution in [0, 0.1) is 11.3 Å². The van der Waals surface area contributed by atoms with Gasteiger partial charge in [0.1, 0.15) is 0 Å². The second kappa shape index (κ2) is 4.89. The highest BCUT2D eigenvalue weighted by Gasteiger charge is 2.36. The summed E-state index contributed by atoms with van der Waals surface area (Å²) in [5.74, 6) is 1.01. The summed E-state index contributed by atoms with van der Waals surface area (Å²) in [5.41, 5.74) is 0.629. The zero-order valence-electron chi connectivity index (χ0n) is 11.4. The predicted octanol–water partition coefficient (Wildman–Crippen LogP) is 2.64. The van der Waals surface area contributed by atoms with Crippen molar-refractivity contribution in [1.82, 2.24) is 10.2 Å². The summed E-state index contributed by atoms with van der Waals surface area (Å²) in [6.07, 6.45) is 10.3. The van der Waals surface area contributed by atoms with Gasteiger partial charge >= 0.3 is 0 Å². The van der Waals surface area contributed by atoms with Crippen LogP contribution >= 0.6 is 0 Å². The van der Waals surface area contributed by atoms with Crippen LogP contribution in [0.3, 0.4) is 0 Å². The van der Waals surface area contributed by atoms with E-state index in [9.17, 15) is 0 Å². The molecule has 0 aromatic heterocycles. The van der Waals surface area contributed by atoms with Gasteiger partial charge in [-0.25, -0.2) is 0 Å². The molecule has 17 heavy (non-hydrogen) atoms. The molecule has 0 spiro atoms. The first-order valence-corrected chi connectivity index (χ1v) is 7.71. The van der Waals surface area contributed by atoms with E-state index in [4.69, 9.17) is 0 Å². The third-order valence-corrected chi connectivity index (χ3v) is 5.15. The fourth-order valence-electron chi connectivity index (χ4n) is 3.90. The Morgan fingerprint density at radius 2 is 1.94 bits per heavy atom. The molecule has 2 saturated carbocycles. The molecule has 1 aliphatic heterocycles. The lowest BCUT2D eigenvalue weighted by atomic mass is 9.75. The Labute approximate surface area is 106 Å². The smallest absolute Gasteiger partial charge is 0.0223 e. The Bertz CT molecular complexity index is 254. The molecular weight excluding hydrogens is 208 g/mol. The molecule has 0 aromatic rings. The normalized spacial score (nSPS) is 34.8. The van der Waals surface area contributed by atoms with E-state index in [0.717, 1.165) is 12.0 Å². The quantitative estimate of drug-likeness (QED) is 0.810. The SMILES string of the molecule is CC1(CN2CCNC(C3CC3)C2)CCCCC1. The maximum absolute atomic E-state index is 3.72. The maximum atomic E-state index is 3.72. The van der Waals surface area contributed by atoms with Crippen molar-refractivity contribution in [2.45, 2.75) is 57.9 Å². The summed E-state index contributed by atoms with van der Waals surface area (Å²) in [4.78, 5) is 2.75. The van der Waals surface area contributed by atoms with E-state index in [1.165, 1.54) is 71.1 Å². The van der Waals surface area contributed by atoms with E-state index in [1.54, 1.807) is 0 Å². The summed E-state index contributed by atoms with van der Waals surface area (Å²) in [6.45, 7) is 7.70. The Kier molecular flexibility index (Phi) is 3.45. The average Bonchev–Trinajstić information content (AvgIpc) is 3.13. The van der Waals surface area contributed by atoms with Gasteiger partial charge in [0, 0.05) is 32.2 Å². The van der Waals surface area contributed by atoms with Crippen LogP contribution in [0.25, 0.3) is 0 Å². The van der Waals surface area contributed by atoms with E-state index >= 15 is 0 Å². The topological polar surface area (TPSA) is 15.3 Å². The molecule has 0 bridgehead atoms. The van der Waals surface area contributed by atoms with Crippen molar-refractivity contribution in [1.29, 1.82) is 0 Å². The van der Waals surface area contributed by atoms with Crippen LogP contribution in [0.1, 0.15) is 51.9 Å². The van der Waals surface area contributed by atoms with Crippen LogP contribution in [-0.2, 0) is 0 Å². The van der Waals surface area contributed by atoms with E-state index in [2.05, 4.69) is 17.1 Å². The van der Waals surface area contributed by atoms with Crippen molar-refractivity contribution in [2.24, 2.45) is 11.3 Å². The van der Waals surface area contributed by atoms with Gasteiger partial charge in [-0.1, -0.05) is 26.2 Å². The molecule has 1 unspecified atom stereocenters. The molecular formula is C15H28N2. The first-order valence-electron chi connectivity index (χ1n) is 7.71. The van der Waals surface area contributed by atoms with Gasteiger partial charge in [0.25, 0.3) is 0 Å². The second-order valence-electron chi connectivity index (χ2n) is 7.00. The van der Waals surface area contributed by atoms with Crippen molar-refractivity contribution in [2.75, 3.05) is 26.2 Å². The van der Waals surface area contributed by atoms with Gasteiger partial charge < -0.3 is 5.32 Å². The van der Waals surface area contributed by atoms with Crippen molar-refractivity contribution < 1.29 is 0 Å². The van der Waals surface area contributed by atoms with Crippen LogP contribution in [0.4, 0.5) is 0 Å². The van der Waals surface area contributed by atoms with Gasteiger partial charge in [-0.15, -0.1) is 0 Å². The average molecular weight is 236 g/mol. The number of hydrogen-bond donors (Lipinski definition) is 1. The lowest BCUT2D eigenvalue weighted by molar-refractivity contribution is 0.0936. The molecule has 1 heterocycles. The van der Waals surface area contributed by atoms with Gasteiger partial charge in [0.05, 0.1) is 0 Å². The Hall–Kier alpha value is -0.0800. The third kappa shape index (κ3) is 3.03. The maximum Gasteiger partial charge on any atom is 0.0223 e. The fourth-order valence-corrected chi connectivity index (χ4v) is 3.90. The van der Waals surface area contributed by atoms with E-state index < -0.39 is 0 Å². The van der Waals surface area contributed by atoms with Crippen LogP contribution in [0.15, 0.2) is 0 Å². The highest BCUT2D eigenvalue weighted by molar-refractivity contribution is 4.93. The number of rotatable bonds is 3. The number of nitrogens with one attached hydrogen (secondary N) is 1. The van der Waals surface area contributed by atoms with Crippen LogP contribution in [0.2, 0.25) is 0 Å². The molecule has 1 saturated heterocycles. The summed E-state index contributed by atoms with van der Waals surface area (Å²) in [6, 6.07) is 0.816. The van der Waals surface area contributed by atoms with Gasteiger partial charge in [-0.3, -0.25) is 4.90 Å². The van der Waals surface area contributed by atoms with Crippen molar-refractivity contribution in [3.05, 3.63) is 0 Å². The fraction of sp³-hybridized carbons (Fsp3) is 1.00. The van der Waals surface area contributed by atoms with Crippen molar-refractivity contribution in [3.8, 4) is 0 Å². The number of piperazine rings is 1. The molecule has 2 heteroatoms. The highest BCUT2D eigenvalue weighted by atomic mass is 15.2. The Balaban J connectivity index is 1.52.